The largest absolute Gasteiger partial charge is 0.213 e. The maximum absolute atomic E-state index is 2.33. The van der Waals surface area contributed by atoms with Gasteiger partial charge in [-0.3, -0.25) is 0 Å². The number of aromatic nitrogens is 4. The number of pyridine rings is 4. The van der Waals surface area contributed by atoms with Crippen LogP contribution in [0.25, 0.3) is 153 Å². The predicted octanol–water partition coefficient (Wildman–Crippen LogP) is 29.7. The Labute approximate surface area is 671 Å². The van der Waals surface area contributed by atoms with Gasteiger partial charge in [-0.2, -0.15) is 0 Å². The molecule has 4 nitrogen and oxygen atoms in total. The molecule has 18 rings (SSSR count). The summed E-state index contributed by atoms with van der Waals surface area (Å²) in [4.78, 5) is 0. The average molecular weight is 1480 g/mol. The van der Waals surface area contributed by atoms with E-state index in [4.69, 9.17) is 0 Å². The number of hydrogen-bond acceptors (Lipinski definition) is 0. The summed E-state index contributed by atoms with van der Waals surface area (Å²) in [5.74, 6) is 0. The highest BCUT2D eigenvalue weighted by Crippen LogP contribution is 2.40. The van der Waals surface area contributed by atoms with E-state index in [1.165, 1.54) is 175 Å². The van der Waals surface area contributed by atoms with E-state index in [1.807, 2.05) is 111 Å². The summed E-state index contributed by atoms with van der Waals surface area (Å²) in [6.07, 6.45) is 8.42. The maximum Gasteiger partial charge on any atom is 0.213 e. The van der Waals surface area contributed by atoms with Crippen molar-refractivity contribution in [1.29, 1.82) is 0 Å². The van der Waals surface area contributed by atoms with Crippen molar-refractivity contribution in [3.8, 4) is 45.0 Å². The molecule has 0 aliphatic rings. The Morgan fingerprint density at radius 2 is 0.464 bits per heavy atom. The maximum atomic E-state index is 2.33. The van der Waals surface area contributed by atoms with Gasteiger partial charge in [0, 0.05) is 59.7 Å². The smallest absolute Gasteiger partial charge is 0.201 e. The lowest BCUT2D eigenvalue weighted by Crippen LogP contribution is -2.30. The summed E-state index contributed by atoms with van der Waals surface area (Å²) in [5, 5.41) is 26.2. The fourth-order valence-corrected chi connectivity index (χ4v) is 14.8. The Balaban J connectivity index is 0.000000196. The van der Waals surface area contributed by atoms with Gasteiger partial charge in [0.15, 0.2) is 24.8 Å². The first-order valence-electron chi connectivity index (χ1n) is 41.3. The number of aryl methyl sites for hydroxylation is 8. The van der Waals surface area contributed by atoms with Gasteiger partial charge in [0.25, 0.3) is 0 Å². The lowest BCUT2D eigenvalue weighted by atomic mass is 9.91. The second-order valence-corrected chi connectivity index (χ2v) is 25.7. The number of hydrogen-bond donors (Lipinski definition) is 0. The van der Waals surface area contributed by atoms with Crippen LogP contribution in [0.4, 0.5) is 0 Å². The van der Waals surface area contributed by atoms with E-state index < -0.39 is 0 Å². The molecular formula is C108H124N4+4. The average Bonchev–Trinajstić information content (AvgIpc) is 0.769. The lowest BCUT2D eigenvalue weighted by molar-refractivity contribution is -0.660. The highest BCUT2D eigenvalue weighted by molar-refractivity contribution is 6.22. The molecule has 0 N–H and O–H groups in total. The third kappa shape index (κ3) is 19.2. The zero-order valence-corrected chi connectivity index (χ0v) is 71.8. The van der Waals surface area contributed by atoms with Crippen LogP contribution in [0.3, 0.4) is 0 Å². The molecule has 0 unspecified atom stereocenters. The SMILES string of the molecule is CC.CC.CC.CC.CC.CC.CC.CC.Cc1c(-c2cccc[n+]2C)ccc2c1ccc1ccccc12.Cc1c(-c2cccc[n+]2C)ccc2cc3ccccc3cc12.Cc1ccc2c(ccc3cc4ccccc4cc32)c1-c1cccc[n+]1C.Cc1ccc2c(ccc3ccc4ccccc4c32)c1-c1cccc[n+]1C. The van der Waals surface area contributed by atoms with Crippen molar-refractivity contribution in [1.82, 2.24) is 0 Å². The van der Waals surface area contributed by atoms with Crippen molar-refractivity contribution in [2.75, 3.05) is 0 Å². The van der Waals surface area contributed by atoms with E-state index in [1.54, 1.807) is 0 Å². The van der Waals surface area contributed by atoms with Crippen LogP contribution in [0.5, 0.6) is 0 Å². The van der Waals surface area contributed by atoms with E-state index in [2.05, 4.69) is 390 Å². The van der Waals surface area contributed by atoms with Crippen molar-refractivity contribution in [3.05, 3.63) is 338 Å². The molecule has 0 aliphatic heterocycles. The van der Waals surface area contributed by atoms with E-state index >= 15 is 0 Å². The number of fused-ring (bicyclic) bond motifs is 14. The quantitative estimate of drug-likeness (QED) is 0.0948. The second kappa shape index (κ2) is 43.6. The molecule has 572 valence electrons. The third-order valence-corrected chi connectivity index (χ3v) is 19.8. The van der Waals surface area contributed by atoms with Gasteiger partial charge in [0.1, 0.15) is 28.2 Å². The van der Waals surface area contributed by atoms with Gasteiger partial charge in [-0.05, 0) is 218 Å². The molecule has 4 aromatic heterocycles. The van der Waals surface area contributed by atoms with Crippen molar-refractivity contribution < 1.29 is 18.3 Å². The molecule has 0 fully saturated rings. The first-order valence-corrected chi connectivity index (χ1v) is 41.3. The zero-order valence-electron chi connectivity index (χ0n) is 71.8. The van der Waals surface area contributed by atoms with E-state index in [0.29, 0.717) is 0 Å². The fourth-order valence-electron chi connectivity index (χ4n) is 14.8. The molecule has 0 aliphatic carbocycles. The van der Waals surface area contributed by atoms with Crippen LogP contribution in [0.2, 0.25) is 0 Å². The Hall–Kier alpha value is -11.7. The molecule has 14 aromatic carbocycles. The van der Waals surface area contributed by atoms with Crippen molar-refractivity contribution in [2.45, 2.75) is 138 Å². The summed E-state index contributed by atoms with van der Waals surface area (Å²) in [6.45, 7) is 40.8. The minimum Gasteiger partial charge on any atom is -0.201 e. The van der Waals surface area contributed by atoms with E-state index in [-0.39, 0.29) is 0 Å². The van der Waals surface area contributed by atoms with Crippen LogP contribution >= 0.6 is 0 Å². The monoisotopic (exact) mass is 1480 g/mol. The number of nitrogens with zero attached hydrogens (tertiary/aromatic N) is 4. The van der Waals surface area contributed by atoms with E-state index in [9.17, 15) is 0 Å². The molecule has 4 heterocycles. The van der Waals surface area contributed by atoms with Crippen molar-refractivity contribution in [3.63, 3.8) is 0 Å². The van der Waals surface area contributed by atoms with Gasteiger partial charge in [-0.25, -0.2) is 18.3 Å². The van der Waals surface area contributed by atoms with Gasteiger partial charge in [-0.1, -0.05) is 293 Å². The van der Waals surface area contributed by atoms with Gasteiger partial charge in [0.2, 0.25) is 22.8 Å². The van der Waals surface area contributed by atoms with Crippen molar-refractivity contribution >= 4 is 108 Å². The Kier molecular flexibility index (Phi) is 34.1. The molecule has 0 saturated heterocycles. The summed E-state index contributed by atoms with van der Waals surface area (Å²) in [5.41, 5.74) is 15.5. The van der Waals surface area contributed by atoms with Crippen LogP contribution in [-0.4, -0.2) is 0 Å². The number of rotatable bonds is 4. The molecule has 112 heavy (non-hydrogen) atoms. The summed E-state index contributed by atoms with van der Waals surface area (Å²) >= 11 is 0. The predicted molar refractivity (Wildman–Crippen MR) is 497 cm³/mol. The lowest BCUT2D eigenvalue weighted by Gasteiger charge is -2.13. The molecule has 18 aromatic rings. The van der Waals surface area contributed by atoms with Crippen LogP contribution in [0, 0.1) is 27.7 Å². The molecule has 0 bridgehead atoms. The Morgan fingerprint density at radius 1 is 0.179 bits per heavy atom. The van der Waals surface area contributed by atoms with Gasteiger partial charge >= 0.3 is 0 Å². The molecule has 0 atom stereocenters. The first-order chi connectivity index (χ1) is 54.9. The topological polar surface area (TPSA) is 15.5 Å². The number of benzene rings is 14. The zero-order chi connectivity index (χ0) is 81.6. The van der Waals surface area contributed by atoms with Gasteiger partial charge in [0.05, 0.1) is 11.1 Å². The molecule has 4 heteroatoms. The van der Waals surface area contributed by atoms with Gasteiger partial charge < -0.3 is 0 Å². The fraction of sp³-hybridized carbons (Fsp3) is 0.222. The minimum atomic E-state index is 1.25. The van der Waals surface area contributed by atoms with E-state index in [0.717, 1.165) is 0 Å². The molecule has 0 spiro atoms. The van der Waals surface area contributed by atoms with Gasteiger partial charge in [-0.15, -0.1) is 0 Å². The summed E-state index contributed by atoms with van der Waals surface area (Å²) in [7, 11) is 8.42. The second-order valence-electron chi connectivity index (χ2n) is 25.7. The highest BCUT2D eigenvalue weighted by atomic mass is 14.9. The Morgan fingerprint density at radius 3 is 0.938 bits per heavy atom. The van der Waals surface area contributed by atoms with Crippen LogP contribution in [0.15, 0.2) is 316 Å². The normalized spacial score (nSPS) is 10.1. The highest BCUT2D eigenvalue weighted by Gasteiger charge is 2.21. The summed E-state index contributed by atoms with van der Waals surface area (Å²) in [6, 6.07) is 105. The molecular weight excluding hydrogens is 1350 g/mol. The summed E-state index contributed by atoms with van der Waals surface area (Å²) < 4.78 is 8.76. The standard InChI is InChI=1S/2C25H20N.2C21H18N.8C2H6/c1-17-10-14-22-21(24(17)23-9-5-6-16-26(23)2)15-13-19-12-11-18-7-3-4-8-20(18)25(19)22;1-17-10-12-21-22(25(17)24-9-5-6-14-26(24)2)13-11-20-15-18-7-3-4-8-19(18)16-23(20)21;1-15-17-11-10-16-7-3-4-8-19(16)20(17)13-12-18(15)21-9-5-6-14-22(21)2;1-15-19(21-9-5-6-12-22(21)2)11-10-18-13-16-7-3-4-8-17(16)14-20(15)18;8*1-2/h2*3-16H,1-2H3;2*3-14H,1-2H3;8*1-2H3/q4*+1;;;;;;;;. The Bertz CT molecular complexity index is 6000. The molecule has 0 amide bonds. The first kappa shape index (κ1) is 87.5. The van der Waals surface area contributed by atoms with Crippen molar-refractivity contribution in [2.24, 2.45) is 28.2 Å². The van der Waals surface area contributed by atoms with Crippen LogP contribution < -0.4 is 18.3 Å². The third-order valence-electron chi connectivity index (χ3n) is 19.8. The molecule has 0 radical (unpaired) electrons. The van der Waals surface area contributed by atoms with Crippen LogP contribution in [0.1, 0.15) is 133 Å². The van der Waals surface area contributed by atoms with Crippen LogP contribution in [-0.2, 0) is 28.2 Å². The molecule has 0 saturated carbocycles. The minimum absolute atomic E-state index is 1.25.